The summed E-state index contributed by atoms with van der Waals surface area (Å²) in [5, 5.41) is 0. The van der Waals surface area contributed by atoms with Crippen molar-refractivity contribution in [1.29, 1.82) is 0 Å². The lowest BCUT2D eigenvalue weighted by Gasteiger charge is -2.08. The SMILES string of the molecule is COc1cccc(Oc2ccccc2N)c1.Cl. The summed E-state index contributed by atoms with van der Waals surface area (Å²) in [6.07, 6.45) is 0. The van der Waals surface area contributed by atoms with Crippen LogP contribution in [0.4, 0.5) is 5.69 Å². The van der Waals surface area contributed by atoms with Gasteiger partial charge in [-0.15, -0.1) is 12.4 Å². The first-order valence-corrected chi connectivity index (χ1v) is 4.96. The highest BCUT2D eigenvalue weighted by atomic mass is 35.5. The van der Waals surface area contributed by atoms with Crippen LogP contribution in [-0.4, -0.2) is 7.11 Å². The van der Waals surface area contributed by atoms with E-state index in [0.29, 0.717) is 17.2 Å². The van der Waals surface area contributed by atoms with Gasteiger partial charge in [0, 0.05) is 6.07 Å². The Morgan fingerprint density at radius 1 is 0.941 bits per heavy atom. The Bertz CT molecular complexity index is 488. The third kappa shape index (κ3) is 3.29. The van der Waals surface area contributed by atoms with E-state index in [0.717, 1.165) is 5.75 Å². The lowest BCUT2D eigenvalue weighted by molar-refractivity contribution is 0.409. The summed E-state index contributed by atoms with van der Waals surface area (Å²) >= 11 is 0. The molecule has 0 spiro atoms. The summed E-state index contributed by atoms with van der Waals surface area (Å²) in [7, 11) is 1.62. The molecule has 90 valence electrons. The second-order valence-corrected chi connectivity index (χ2v) is 3.32. The van der Waals surface area contributed by atoms with Crippen LogP contribution in [0.25, 0.3) is 0 Å². The molecule has 17 heavy (non-hydrogen) atoms. The van der Waals surface area contributed by atoms with Gasteiger partial charge >= 0.3 is 0 Å². The third-order valence-corrected chi connectivity index (χ3v) is 2.19. The number of hydrogen-bond donors (Lipinski definition) is 1. The molecule has 0 aliphatic heterocycles. The fourth-order valence-electron chi connectivity index (χ4n) is 1.37. The highest BCUT2D eigenvalue weighted by Crippen LogP contribution is 2.28. The number of para-hydroxylation sites is 2. The molecule has 2 aromatic carbocycles. The predicted octanol–water partition coefficient (Wildman–Crippen LogP) is 3.49. The van der Waals surface area contributed by atoms with Crippen molar-refractivity contribution in [3.63, 3.8) is 0 Å². The molecule has 2 rings (SSSR count). The molecule has 0 saturated carbocycles. The largest absolute Gasteiger partial charge is 0.497 e. The first kappa shape index (κ1) is 13.2. The van der Waals surface area contributed by atoms with Crippen LogP contribution < -0.4 is 15.2 Å². The molecule has 2 N–H and O–H groups in total. The zero-order valence-corrected chi connectivity index (χ0v) is 10.2. The molecule has 0 unspecified atom stereocenters. The van der Waals surface area contributed by atoms with Crippen molar-refractivity contribution in [2.24, 2.45) is 0 Å². The normalized spacial score (nSPS) is 9.24. The molecule has 3 nitrogen and oxygen atoms in total. The highest BCUT2D eigenvalue weighted by Gasteiger charge is 2.01. The number of rotatable bonds is 3. The van der Waals surface area contributed by atoms with Crippen LogP contribution in [0.2, 0.25) is 0 Å². The maximum atomic E-state index is 5.78. The summed E-state index contributed by atoms with van der Waals surface area (Å²) in [6, 6.07) is 14.8. The summed E-state index contributed by atoms with van der Waals surface area (Å²) in [5.41, 5.74) is 6.40. The lowest BCUT2D eigenvalue weighted by atomic mass is 10.3. The Morgan fingerprint density at radius 3 is 2.35 bits per heavy atom. The lowest BCUT2D eigenvalue weighted by Crippen LogP contribution is -1.91. The second kappa shape index (κ2) is 6.01. The zero-order chi connectivity index (χ0) is 11.4. The third-order valence-electron chi connectivity index (χ3n) is 2.19. The molecule has 2 aromatic rings. The molecule has 0 saturated heterocycles. The quantitative estimate of drug-likeness (QED) is 0.850. The Hall–Kier alpha value is -1.87. The molecule has 0 aliphatic carbocycles. The van der Waals surface area contributed by atoms with Crippen LogP contribution in [0.15, 0.2) is 48.5 Å². The zero-order valence-electron chi connectivity index (χ0n) is 9.42. The molecule has 0 amide bonds. The minimum atomic E-state index is 0. The van der Waals surface area contributed by atoms with Gasteiger partial charge in [-0.2, -0.15) is 0 Å². The van der Waals surface area contributed by atoms with Crippen molar-refractivity contribution >= 4 is 18.1 Å². The van der Waals surface area contributed by atoms with Gasteiger partial charge < -0.3 is 15.2 Å². The average Bonchev–Trinajstić information content (AvgIpc) is 2.32. The van der Waals surface area contributed by atoms with E-state index in [4.69, 9.17) is 15.2 Å². The molecule has 4 heteroatoms. The number of nitrogens with two attached hydrogens (primary N) is 1. The number of halogens is 1. The monoisotopic (exact) mass is 251 g/mol. The van der Waals surface area contributed by atoms with E-state index < -0.39 is 0 Å². The van der Waals surface area contributed by atoms with Crippen LogP contribution in [0, 0.1) is 0 Å². The van der Waals surface area contributed by atoms with E-state index >= 15 is 0 Å². The molecule has 0 atom stereocenters. The van der Waals surface area contributed by atoms with Gasteiger partial charge in [0.1, 0.15) is 17.2 Å². The second-order valence-electron chi connectivity index (χ2n) is 3.32. The minimum absolute atomic E-state index is 0. The van der Waals surface area contributed by atoms with Crippen molar-refractivity contribution in [3.05, 3.63) is 48.5 Å². The van der Waals surface area contributed by atoms with Gasteiger partial charge in [-0.25, -0.2) is 0 Å². The van der Waals surface area contributed by atoms with Crippen molar-refractivity contribution < 1.29 is 9.47 Å². The number of benzene rings is 2. The van der Waals surface area contributed by atoms with Gasteiger partial charge in [0.25, 0.3) is 0 Å². The van der Waals surface area contributed by atoms with Gasteiger partial charge in [-0.05, 0) is 24.3 Å². The van der Waals surface area contributed by atoms with Gasteiger partial charge in [0.2, 0.25) is 0 Å². The Balaban J connectivity index is 0.00000144. The topological polar surface area (TPSA) is 44.5 Å². The number of ether oxygens (including phenoxy) is 2. The fourth-order valence-corrected chi connectivity index (χ4v) is 1.37. The Morgan fingerprint density at radius 2 is 1.65 bits per heavy atom. The Kier molecular flexibility index (Phi) is 4.67. The van der Waals surface area contributed by atoms with Crippen molar-refractivity contribution in [1.82, 2.24) is 0 Å². The minimum Gasteiger partial charge on any atom is -0.497 e. The predicted molar refractivity (Wildman–Crippen MR) is 71.2 cm³/mol. The summed E-state index contributed by atoms with van der Waals surface area (Å²) < 4.78 is 10.8. The molecular formula is C13H14ClNO2. The maximum absolute atomic E-state index is 5.78. The summed E-state index contributed by atoms with van der Waals surface area (Å²) in [6.45, 7) is 0. The van der Waals surface area contributed by atoms with Gasteiger partial charge in [0.15, 0.2) is 0 Å². The van der Waals surface area contributed by atoms with E-state index in [9.17, 15) is 0 Å². The number of anilines is 1. The number of hydrogen-bond acceptors (Lipinski definition) is 3. The van der Waals surface area contributed by atoms with Crippen LogP contribution in [0.1, 0.15) is 0 Å². The standard InChI is InChI=1S/C13H13NO2.ClH/c1-15-10-5-4-6-11(9-10)16-13-8-3-2-7-12(13)14;/h2-9H,14H2,1H3;1H. The number of nitrogen functional groups attached to an aromatic ring is 1. The van der Waals surface area contributed by atoms with E-state index in [1.807, 2.05) is 42.5 Å². The average molecular weight is 252 g/mol. The van der Waals surface area contributed by atoms with E-state index in [2.05, 4.69) is 0 Å². The Labute approximate surface area is 107 Å². The highest BCUT2D eigenvalue weighted by molar-refractivity contribution is 5.85. The molecular weight excluding hydrogens is 238 g/mol. The van der Waals surface area contributed by atoms with Crippen molar-refractivity contribution in [2.45, 2.75) is 0 Å². The van der Waals surface area contributed by atoms with Gasteiger partial charge in [-0.1, -0.05) is 18.2 Å². The molecule has 0 radical (unpaired) electrons. The fraction of sp³-hybridized carbons (Fsp3) is 0.0769. The van der Waals surface area contributed by atoms with Gasteiger partial charge in [0.05, 0.1) is 12.8 Å². The van der Waals surface area contributed by atoms with Crippen LogP contribution >= 0.6 is 12.4 Å². The smallest absolute Gasteiger partial charge is 0.150 e. The first-order chi connectivity index (χ1) is 7.79. The molecule has 0 bridgehead atoms. The van der Waals surface area contributed by atoms with Crippen LogP contribution in [0.5, 0.6) is 17.2 Å². The number of methoxy groups -OCH3 is 1. The van der Waals surface area contributed by atoms with E-state index in [1.54, 1.807) is 13.2 Å². The molecule has 0 heterocycles. The van der Waals surface area contributed by atoms with E-state index in [1.165, 1.54) is 0 Å². The first-order valence-electron chi connectivity index (χ1n) is 4.96. The molecule has 0 fully saturated rings. The van der Waals surface area contributed by atoms with Gasteiger partial charge in [-0.3, -0.25) is 0 Å². The van der Waals surface area contributed by atoms with E-state index in [-0.39, 0.29) is 12.4 Å². The summed E-state index contributed by atoms with van der Waals surface area (Å²) in [4.78, 5) is 0. The van der Waals surface area contributed by atoms with Crippen molar-refractivity contribution in [2.75, 3.05) is 12.8 Å². The van der Waals surface area contributed by atoms with Crippen molar-refractivity contribution in [3.8, 4) is 17.2 Å². The summed E-state index contributed by atoms with van der Waals surface area (Å²) in [5.74, 6) is 2.11. The maximum Gasteiger partial charge on any atom is 0.150 e. The van der Waals surface area contributed by atoms with Crippen LogP contribution in [-0.2, 0) is 0 Å². The molecule has 0 aliphatic rings. The van der Waals surface area contributed by atoms with Crippen LogP contribution in [0.3, 0.4) is 0 Å². The molecule has 0 aromatic heterocycles.